The van der Waals surface area contributed by atoms with Crippen molar-refractivity contribution in [1.29, 1.82) is 0 Å². The van der Waals surface area contributed by atoms with Crippen molar-refractivity contribution in [2.45, 2.75) is 31.2 Å². The van der Waals surface area contributed by atoms with Crippen LogP contribution in [0.25, 0.3) is 11.4 Å². The second kappa shape index (κ2) is 6.38. The summed E-state index contributed by atoms with van der Waals surface area (Å²) >= 11 is 6.32. The highest BCUT2D eigenvalue weighted by Crippen LogP contribution is 2.41. The molecule has 2 saturated heterocycles. The molecule has 8 heteroatoms. The molecule has 0 unspecified atom stereocenters. The van der Waals surface area contributed by atoms with E-state index in [4.69, 9.17) is 11.6 Å². The second-order valence-electron chi connectivity index (χ2n) is 6.65. The summed E-state index contributed by atoms with van der Waals surface area (Å²) in [6.07, 6.45) is 5.46. The van der Waals surface area contributed by atoms with Crippen molar-refractivity contribution < 1.29 is 4.39 Å². The third kappa shape index (κ3) is 2.91. The van der Waals surface area contributed by atoms with Gasteiger partial charge in [0.25, 0.3) is 5.56 Å². The number of rotatable bonds is 2. The fourth-order valence-corrected chi connectivity index (χ4v) is 4.18. The third-order valence-electron chi connectivity index (χ3n) is 5.23. The first-order chi connectivity index (χ1) is 12.1. The molecule has 0 radical (unpaired) electrons. The number of halogens is 2. The SMILES string of the molecule is O=c1[nH]c(-c2ccnc(F)c2)nc(N2CCCC23CCNCC3)c1Cl. The van der Waals surface area contributed by atoms with Gasteiger partial charge in [-0.1, -0.05) is 11.6 Å². The molecular weight excluding hydrogens is 345 g/mol. The van der Waals surface area contributed by atoms with E-state index in [-0.39, 0.29) is 10.6 Å². The third-order valence-corrected chi connectivity index (χ3v) is 5.57. The fraction of sp³-hybridized carbons (Fsp3) is 0.471. The van der Waals surface area contributed by atoms with Gasteiger partial charge in [0.15, 0.2) is 5.82 Å². The van der Waals surface area contributed by atoms with Gasteiger partial charge < -0.3 is 15.2 Å². The number of aromatic amines is 1. The topological polar surface area (TPSA) is 73.9 Å². The van der Waals surface area contributed by atoms with Crippen LogP contribution >= 0.6 is 11.6 Å². The van der Waals surface area contributed by atoms with Crippen LogP contribution in [0.2, 0.25) is 5.02 Å². The Morgan fingerprint density at radius 1 is 1.28 bits per heavy atom. The zero-order valence-corrected chi connectivity index (χ0v) is 14.4. The van der Waals surface area contributed by atoms with E-state index in [1.807, 2.05) is 0 Å². The van der Waals surface area contributed by atoms with Crippen LogP contribution < -0.4 is 15.8 Å². The van der Waals surface area contributed by atoms with Gasteiger partial charge in [0, 0.05) is 29.9 Å². The van der Waals surface area contributed by atoms with Gasteiger partial charge in [0.1, 0.15) is 10.8 Å². The Morgan fingerprint density at radius 2 is 2.08 bits per heavy atom. The maximum atomic E-state index is 13.4. The molecule has 0 saturated carbocycles. The van der Waals surface area contributed by atoms with E-state index in [2.05, 4.69) is 25.2 Å². The number of piperidine rings is 1. The lowest BCUT2D eigenvalue weighted by Gasteiger charge is -2.42. The summed E-state index contributed by atoms with van der Waals surface area (Å²) in [5.41, 5.74) is 0.0622. The Morgan fingerprint density at radius 3 is 2.84 bits per heavy atom. The molecule has 6 nitrogen and oxygen atoms in total. The Bertz CT molecular complexity index is 849. The Labute approximate surface area is 149 Å². The number of hydrogen-bond acceptors (Lipinski definition) is 5. The average Bonchev–Trinajstić information content (AvgIpc) is 3.00. The molecule has 0 bridgehead atoms. The molecule has 0 aromatic carbocycles. The summed E-state index contributed by atoms with van der Waals surface area (Å²) in [6.45, 7) is 2.71. The molecule has 2 aliphatic heterocycles. The van der Waals surface area contributed by atoms with Crippen molar-refractivity contribution >= 4 is 17.4 Å². The first-order valence-electron chi connectivity index (χ1n) is 8.49. The smallest absolute Gasteiger partial charge is 0.272 e. The molecular formula is C17H19ClFN5O. The van der Waals surface area contributed by atoms with Crippen molar-refractivity contribution in [3.63, 3.8) is 0 Å². The summed E-state index contributed by atoms with van der Waals surface area (Å²) < 4.78 is 13.4. The average molecular weight is 364 g/mol. The highest BCUT2D eigenvalue weighted by Gasteiger charge is 2.43. The number of aromatic nitrogens is 3. The minimum Gasteiger partial charge on any atom is -0.349 e. The van der Waals surface area contributed by atoms with Crippen LogP contribution in [0.1, 0.15) is 25.7 Å². The van der Waals surface area contributed by atoms with Gasteiger partial charge in [-0.15, -0.1) is 0 Å². The minimum absolute atomic E-state index is 0.00353. The zero-order chi connectivity index (χ0) is 17.4. The molecule has 1 spiro atoms. The van der Waals surface area contributed by atoms with Crippen LogP contribution in [0.5, 0.6) is 0 Å². The van der Waals surface area contributed by atoms with E-state index >= 15 is 0 Å². The lowest BCUT2D eigenvalue weighted by atomic mass is 9.86. The van der Waals surface area contributed by atoms with Crippen LogP contribution in [-0.2, 0) is 0 Å². The van der Waals surface area contributed by atoms with E-state index in [0.717, 1.165) is 45.3 Å². The fourth-order valence-electron chi connectivity index (χ4n) is 3.99. The van der Waals surface area contributed by atoms with Gasteiger partial charge in [-0.3, -0.25) is 4.79 Å². The van der Waals surface area contributed by atoms with Gasteiger partial charge in [-0.05, 0) is 44.8 Å². The maximum Gasteiger partial charge on any atom is 0.272 e. The van der Waals surface area contributed by atoms with Crippen molar-refractivity contribution in [1.82, 2.24) is 20.3 Å². The minimum atomic E-state index is -0.618. The lowest BCUT2D eigenvalue weighted by Crippen LogP contribution is -2.51. The summed E-state index contributed by atoms with van der Waals surface area (Å²) in [6, 6.07) is 2.86. The van der Waals surface area contributed by atoms with Gasteiger partial charge in [-0.25, -0.2) is 9.97 Å². The number of anilines is 1. The molecule has 4 rings (SSSR count). The van der Waals surface area contributed by atoms with Gasteiger partial charge in [0.2, 0.25) is 5.95 Å². The zero-order valence-electron chi connectivity index (χ0n) is 13.7. The van der Waals surface area contributed by atoms with Gasteiger partial charge in [0.05, 0.1) is 0 Å². The van der Waals surface area contributed by atoms with Crippen LogP contribution in [0, 0.1) is 5.95 Å². The first-order valence-corrected chi connectivity index (χ1v) is 8.87. The molecule has 132 valence electrons. The number of pyridine rings is 1. The van der Waals surface area contributed by atoms with E-state index in [0.29, 0.717) is 17.2 Å². The molecule has 0 atom stereocenters. The Kier molecular flexibility index (Phi) is 4.21. The number of nitrogens with zero attached hydrogens (tertiary/aromatic N) is 3. The molecule has 4 heterocycles. The highest BCUT2D eigenvalue weighted by molar-refractivity contribution is 6.32. The molecule has 0 amide bonds. The molecule has 2 fully saturated rings. The van der Waals surface area contributed by atoms with Crippen LogP contribution in [0.3, 0.4) is 0 Å². The summed E-state index contributed by atoms with van der Waals surface area (Å²) in [5.74, 6) is 0.186. The molecule has 0 aliphatic carbocycles. The van der Waals surface area contributed by atoms with E-state index in [1.165, 1.54) is 12.3 Å². The Balaban J connectivity index is 1.80. The van der Waals surface area contributed by atoms with Crippen LogP contribution in [-0.4, -0.2) is 40.1 Å². The van der Waals surface area contributed by atoms with E-state index < -0.39 is 11.5 Å². The standard InChI is InChI=1S/C17H19ClFN5O/c18-13-15(24-9-1-3-17(24)4-7-20-8-5-17)22-14(23-16(13)25)11-2-6-21-12(19)10-11/h2,6,10,20H,1,3-5,7-9H2,(H,22,23,25). The number of nitrogens with one attached hydrogen (secondary N) is 2. The van der Waals surface area contributed by atoms with E-state index in [1.54, 1.807) is 6.07 Å². The molecule has 2 N–H and O–H groups in total. The van der Waals surface area contributed by atoms with Gasteiger partial charge in [-0.2, -0.15) is 4.39 Å². The second-order valence-corrected chi connectivity index (χ2v) is 7.03. The molecule has 2 aliphatic rings. The van der Waals surface area contributed by atoms with Crippen molar-refractivity contribution in [2.24, 2.45) is 0 Å². The largest absolute Gasteiger partial charge is 0.349 e. The molecule has 25 heavy (non-hydrogen) atoms. The van der Waals surface area contributed by atoms with Crippen molar-refractivity contribution in [3.8, 4) is 11.4 Å². The van der Waals surface area contributed by atoms with Crippen LogP contribution in [0.4, 0.5) is 10.2 Å². The Hall–Kier alpha value is -1.99. The lowest BCUT2D eigenvalue weighted by molar-refractivity contribution is 0.310. The highest BCUT2D eigenvalue weighted by atomic mass is 35.5. The van der Waals surface area contributed by atoms with Gasteiger partial charge >= 0.3 is 0 Å². The number of hydrogen-bond donors (Lipinski definition) is 2. The number of H-pyrrole nitrogens is 1. The predicted molar refractivity (Wildman–Crippen MR) is 94.5 cm³/mol. The normalized spacial score (nSPS) is 19.5. The predicted octanol–water partition coefficient (Wildman–Crippen LogP) is 2.35. The monoisotopic (exact) mass is 363 g/mol. The van der Waals surface area contributed by atoms with E-state index in [9.17, 15) is 9.18 Å². The first kappa shape index (κ1) is 16.5. The van der Waals surface area contributed by atoms with Crippen molar-refractivity contribution in [3.05, 3.63) is 39.7 Å². The quantitative estimate of drug-likeness (QED) is 0.801. The van der Waals surface area contributed by atoms with Crippen LogP contribution in [0.15, 0.2) is 23.1 Å². The molecule has 2 aromatic rings. The summed E-state index contributed by atoms with van der Waals surface area (Å²) in [4.78, 5) is 25.3. The maximum absolute atomic E-state index is 13.4. The van der Waals surface area contributed by atoms with Crippen molar-refractivity contribution in [2.75, 3.05) is 24.5 Å². The summed E-state index contributed by atoms with van der Waals surface area (Å²) in [7, 11) is 0. The molecule has 2 aromatic heterocycles. The summed E-state index contributed by atoms with van der Waals surface area (Å²) in [5, 5.41) is 3.48.